The van der Waals surface area contributed by atoms with Crippen molar-refractivity contribution in [3.8, 4) is 5.69 Å². The van der Waals surface area contributed by atoms with Crippen LogP contribution in [0.15, 0.2) is 12.3 Å². The van der Waals surface area contributed by atoms with E-state index in [2.05, 4.69) is 10.1 Å². The number of hydrogen-bond donors (Lipinski definition) is 0. The largest absolute Gasteiger partial charge is 0.254 e. The normalized spacial score (nSPS) is 11.3. The highest BCUT2D eigenvalue weighted by Crippen LogP contribution is 2.21. The van der Waals surface area contributed by atoms with Gasteiger partial charge in [-0.25, -0.2) is 4.68 Å². The topological polar surface area (TPSA) is 30.7 Å². The fraction of sp³-hybridized carbons (Fsp3) is 0.273. The SMILES string of the molecule is CC(C)c1ccn(-c2c(F)c(F)nc(F)c2F)n1. The Morgan fingerprint density at radius 3 is 2.06 bits per heavy atom. The highest BCUT2D eigenvalue weighted by Gasteiger charge is 2.23. The van der Waals surface area contributed by atoms with Crippen LogP contribution >= 0.6 is 0 Å². The molecule has 7 heteroatoms. The first-order chi connectivity index (χ1) is 8.41. The van der Waals surface area contributed by atoms with E-state index in [9.17, 15) is 17.6 Å². The summed E-state index contributed by atoms with van der Waals surface area (Å²) in [4.78, 5) is 2.48. The summed E-state index contributed by atoms with van der Waals surface area (Å²) < 4.78 is 53.5. The predicted molar refractivity (Wildman–Crippen MR) is 55.3 cm³/mol. The molecule has 0 radical (unpaired) electrons. The third-order valence-electron chi connectivity index (χ3n) is 2.40. The van der Waals surface area contributed by atoms with E-state index in [4.69, 9.17) is 0 Å². The Kier molecular flexibility index (Phi) is 3.06. The van der Waals surface area contributed by atoms with Crippen molar-refractivity contribution in [3.63, 3.8) is 0 Å². The molecule has 2 heterocycles. The Labute approximate surface area is 100 Å². The van der Waals surface area contributed by atoms with E-state index in [1.54, 1.807) is 0 Å². The van der Waals surface area contributed by atoms with Gasteiger partial charge in [-0.1, -0.05) is 13.8 Å². The van der Waals surface area contributed by atoms with Gasteiger partial charge >= 0.3 is 0 Å². The van der Waals surface area contributed by atoms with E-state index in [0.717, 1.165) is 4.68 Å². The van der Waals surface area contributed by atoms with Gasteiger partial charge in [-0.2, -0.15) is 27.6 Å². The molecule has 3 nitrogen and oxygen atoms in total. The van der Waals surface area contributed by atoms with Crippen molar-refractivity contribution >= 4 is 0 Å². The summed E-state index contributed by atoms with van der Waals surface area (Å²) in [5, 5.41) is 3.86. The van der Waals surface area contributed by atoms with E-state index < -0.39 is 29.2 Å². The van der Waals surface area contributed by atoms with Gasteiger partial charge in [-0.15, -0.1) is 0 Å². The zero-order chi connectivity index (χ0) is 13.4. The maximum Gasteiger partial charge on any atom is 0.254 e. The molecule has 0 fully saturated rings. The van der Waals surface area contributed by atoms with Crippen LogP contribution in [0.1, 0.15) is 25.5 Å². The minimum Gasteiger partial charge on any atom is -0.234 e. The van der Waals surface area contributed by atoms with Gasteiger partial charge in [-0.3, -0.25) is 0 Å². The predicted octanol–water partition coefficient (Wildman–Crippen LogP) is 2.95. The molecule has 0 aromatic carbocycles. The highest BCUT2D eigenvalue weighted by molar-refractivity contribution is 5.33. The molecule has 0 atom stereocenters. The Hall–Kier alpha value is -1.92. The quantitative estimate of drug-likeness (QED) is 0.613. The Bertz CT molecular complexity index is 566. The van der Waals surface area contributed by atoms with E-state index >= 15 is 0 Å². The van der Waals surface area contributed by atoms with Crippen LogP contribution in [0.2, 0.25) is 0 Å². The van der Waals surface area contributed by atoms with Crippen LogP contribution < -0.4 is 0 Å². The summed E-state index contributed by atoms with van der Waals surface area (Å²) in [6, 6.07) is 1.51. The highest BCUT2D eigenvalue weighted by atomic mass is 19.2. The van der Waals surface area contributed by atoms with E-state index in [1.807, 2.05) is 13.8 Å². The van der Waals surface area contributed by atoms with Crippen molar-refractivity contribution in [1.82, 2.24) is 14.8 Å². The van der Waals surface area contributed by atoms with Crippen LogP contribution in [0.4, 0.5) is 17.6 Å². The van der Waals surface area contributed by atoms with Gasteiger partial charge in [0.25, 0.3) is 11.9 Å². The number of halogens is 4. The molecular weight excluding hydrogens is 250 g/mol. The number of pyridine rings is 1. The van der Waals surface area contributed by atoms with Gasteiger partial charge in [0.1, 0.15) is 5.69 Å². The third kappa shape index (κ3) is 1.96. The van der Waals surface area contributed by atoms with Gasteiger partial charge in [0.2, 0.25) is 11.6 Å². The molecule has 0 aliphatic heterocycles. The molecular formula is C11H9F4N3. The summed E-state index contributed by atoms with van der Waals surface area (Å²) in [6.45, 7) is 3.65. The van der Waals surface area contributed by atoms with Crippen LogP contribution in [-0.2, 0) is 0 Å². The molecule has 0 amide bonds. The molecule has 0 N–H and O–H groups in total. The van der Waals surface area contributed by atoms with Crippen LogP contribution in [0.3, 0.4) is 0 Å². The minimum atomic E-state index is -1.70. The summed E-state index contributed by atoms with van der Waals surface area (Å²) in [5.74, 6) is -6.54. The lowest BCUT2D eigenvalue weighted by Gasteiger charge is -2.06. The fourth-order valence-corrected chi connectivity index (χ4v) is 1.45. The molecule has 2 aromatic rings. The van der Waals surface area contributed by atoms with Crippen LogP contribution in [0, 0.1) is 23.5 Å². The van der Waals surface area contributed by atoms with Crippen molar-refractivity contribution in [2.24, 2.45) is 0 Å². The molecule has 0 saturated carbocycles. The molecule has 2 aromatic heterocycles. The summed E-state index contributed by atoms with van der Waals surface area (Å²) in [5.41, 5.74) is -0.363. The molecule has 96 valence electrons. The lowest BCUT2D eigenvalue weighted by Crippen LogP contribution is -2.10. The number of nitrogens with zero attached hydrogens (tertiary/aromatic N) is 3. The van der Waals surface area contributed by atoms with Crippen LogP contribution in [0.5, 0.6) is 0 Å². The first-order valence-corrected chi connectivity index (χ1v) is 5.17. The molecule has 0 aliphatic carbocycles. The first kappa shape index (κ1) is 12.5. The van der Waals surface area contributed by atoms with Gasteiger partial charge in [0.15, 0.2) is 0 Å². The Morgan fingerprint density at radius 2 is 1.61 bits per heavy atom. The van der Waals surface area contributed by atoms with Crippen LogP contribution in [0.25, 0.3) is 5.69 Å². The lowest BCUT2D eigenvalue weighted by atomic mass is 10.1. The maximum absolute atomic E-state index is 13.4. The Morgan fingerprint density at radius 1 is 1.06 bits per heavy atom. The van der Waals surface area contributed by atoms with E-state index in [1.165, 1.54) is 12.3 Å². The molecule has 0 bridgehead atoms. The van der Waals surface area contributed by atoms with Crippen molar-refractivity contribution < 1.29 is 17.6 Å². The summed E-state index contributed by atoms with van der Waals surface area (Å²) in [6.07, 6.45) is 1.23. The van der Waals surface area contributed by atoms with Gasteiger partial charge in [0, 0.05) is 6.20 Å². The zero-order valence-corrected chi connectivity index (χ0v) is 9.59. The first-order valence-electron chi connectivity index (χ1n) is 5.17. The molecule has 0 spiro atoms. The monoisotopic (exact) mass is 259 g/mol. The lowest BCUT2D eigenvalue weighted by molar-refractivity contribution is 0.399. The molecule has 0 aliphatic rings. The van der Waals surface area contributed by atoms with Crippen molar-refractivity contribution in [1.29, 1.82) is 0 Å². The van der Waals surface area contributed by atoms with Gasteiger partial charge < -0.3 is 0 Å². The molecule has 0 unspecified atom stereocenters. The van der Waals surface area contributed by atoms with Crippen molar-refractivity contribution in [2.45, 2.75) is 19.8 Å². The number of aromatic nitrogens is 3. The second kappa shape index (κ2) is 4.40. The molecule has 0 saturated heterocycles. The zero-order valence-electron chi connectivity index (χ0n) is 9.59. The van der Waals surface area contributed by atoms with Gasteiger partial charge in [0.05, 0.1) is 5.69 Å². The Balaban J connectivity index is 2.62. The number of rotatable bonds is 2. The third-order valence-corrected chi connectivity index (χ3v) is 2.40. The van der Waals surface area contributed by atoms with Crippen LogP contribution in [-0.4, -0.2) is 14.8 Å². The van der Waals surface area contributed by atoms with Crippen molar-refractivity contribution in [3.05, 3.63) is 41.5 Å². The molecule has 2 rings (SSSR count). The average Bonchev–Trinajstić information content (AvgIpc) is 2.76. The molecule has 18 heavy (non-hydrogen) atoms. The van der Waals surface area contributed by atoms with Crippen molar-refractivity contribution in [2.75, 3.05) is 0 Å². The second-order valence-electron chi connectivity index (χ2n) is 4.01. The van der Waals surface area contributed by atoms with Gasteiger partial charge in [-0.05, 0) is 12.0 Å². The maximum atomic E-state index is 13.4. The minimum absolute atomic E-state index is 0.0221. The van der Waals surface area contributed by atoms with E-state index in [0.29, 0.717) is 5.69 Å². The standard InChI is InChI=1S/C11H9F4N3/c1-5(2)6-3-4-18(17-6)9-7(12)10(14)16-11(15)8(9)13/h3-5H,1-2H3. The summed E-state index contributed by atoms with van der Waals surface area (Å²) >= 11 is 0. The average molecular weight is 259 g/mol. The summed E-state index contributed by atoms with van der Waals surface area (Å²) in [7, 11) is 0. The smallest absolute Gasteiger partial charge is 0.234 e. The fourth-order valence-electron chi connectivity index (χ4n) is 1.45. The van der Waals surface area contributed by atoms with E-state index in [-0.39, 0.29) is 5.92 Å². The number of hydrogen-bond acceptors (Lipinski definition) is 2. The second-order valence-corrected chi connectivity index (χ2v) is 4.01.